The highest BCUT2D eigenvalue weighted by Gasteiger charge is 2.12. The lowest BCUT2D eigenvalue weighted by atomic mass is 10.1. The van der Waals surface area contributed by atoms with Crippen LogP contribution in [0.1, 0.15) is 17.2 Å². The van der Waals surface area contributed by atoms with E-state index in [-0.39, 0.29) is 17.9 Å². The molecule has 1 atom stereocenters. The summed E-state index contributed by atoms with van der Waals surface area (Å²) in [6.45, 7) is 1.95. The molecule has 0 spiro atoms. The Morgan fingerprint density at radius 2 is 1.89 bits per heavy atom. The van der Waals surface area contributed by atoms with Crippen molar-refractivity contribution in [2.24, 2.45) is 0 Å². The number of hydrogen-bond donors (Lipinski definition) is 2. The zero-order chi connectivity index (χ0) is 13.8. The molecule has 0 amide bonds. The quantitative estimate of drug-likeness (QED) is 0.886. The molecule has 0 heterocycles. The first-order valence-corrected chi connectivity index (χ1v) is 6.00. The van der Waals surface area contributed by atoms with Crippen LogP contribution in [0.25, 0.3) is 0 Å². The fourth-order valence-electron chi connectivity index (χ4n) is 1.85. The molecule has 2 nitrogen and oxygen atoms in total. The van der Waals surface area contributed by atoms with Gasteiger partial charge in [-0.1, -0.05) is 24.3 Å². The first-order chi connectivity index (χ1) is 9.08. The Labute approximate surface area is 110 Å². The van der Waals surface area contributed by atoms with Crippen LogP contribution in [-0.2, 0) is 0 Å². The number of nitrogens with one attached hydrogen (secondary N) is 1. The van der Waals surface area contributed by atoms with Gasteiger partial charge in [0.15, 0.2) is 0 Å². The monoisotopic (exact) mass is 263 g/mol. The second-order valence-electron chi connectivity index (χ2n) is 4.38. The molecule has 0 bridgehead atoms. The Kier molecular flexibility index (Phi) is 4.12. The molecule has 4 heteroatoms. The van der Waals surface area contributed by atoms with Gasteiger partial charge in [-0.3, -0.25) is 0 Å². The van der Waals surface area contributed by atoms with Crippen LogP contribution in [-0.4, -0.2) is 11.7 Å². The van der Waals surface area contributed by atoms with Crippen molar-refractivity contribution < 1.29 is 13.9 Å². The Balaban J connectivity index is 2.06. The van der Waals surface area contributed by atoms with Crippen molar-refractivity contribution in [3.63, 3.8) is 0 Å². The summed E-state index contributed by atoms with van der Waals surface area (Å²) in [5.74, 6) is -0.804. The third kappa shape index (κ3) is 3.29. The standard InChI is InChI=1S/C15H15F2NO/c1-10-6-7-11(16)8-14(10)18-9-15(19)12-4-2-3-5-13(12)17/h2-8,15,18-19H,9H2,1H3. The van der Waals surface area contributed by atoms with Gasteiger partial charge in [0.1, 0.15) is 11.6 Å². The molecule has 0 saturated heterocycles. The van der Waals surface area contributed by atoms with Crippen molar-refractivity contribution in [3.8, 4) is 0 Å². The molecule has 2 N–H and O–H groups in total. The van der Waals surface area contributed by atoms with E-state index in [4.69, 9.17) is 0 Å². The van der Waals surface area contributed by atoms with Crippen molar-refractivity contribution in [1.82, 2.24) is 0 Å². The number of hydrogen-bond acceptors (Lipinski definition) is 2. The normalized spacial score (nSPS) is 12.2. The molecule has 0 saturated carbocycles. The molecular formula is C15H15F2NO. The van der Waals surface area contributed by atoms with E-state index in [0.717, 1.165) is 5.56 Å². The van der Waals surface area contributed by atoms with E-state index in [1.807, 2.05) is 6.92 Å². The Morgan fingerprint density at radius 1 is 1.16 bits per heavy atom. The lowest BCUT2D eigenvalue weighted by Crippen LogP contribution is -2.14. The van der Waals surface area contributed by atoms with Gasteiger partial charge in [0.2, 0.25) is 0 Å². The molecule has 2 aromatic carbocycles. The third-order valence-corrected chi connectivity index (χ3v) is 2.95. The van der Waals surface area contributed by atoms with Crippen molar-refractivity contribution in [2.45, 2.75) is 13.0 Å². The lowest BCUT2D eigenvalue weighted by molar-refractivity contribution is 0.186. The van der Waals surface area contributed by atoms with Gasteiger partial charge in [-0.15, -0.1) is 0 Å². The number of aliphatic hydroxyl groups excluding tert-OH is 1. The van der Waals surface area contributed by atoms with Gasteiger partial charge in [-0.05, 0) is 30.7 Å². The number of aliphatic hydroxyl groups is 1. The van der Waals surface area contributed by atoms with Crippen LogP contribution in [0.4, 0.5) is 14.5 Å². The van der Waals surface area contributed by atoms with Gasteiger partial charge in [0.25, 0.3) is 0 Å². The van der Waals surface area contributed by atoms with Gasteiger partial charge in [-0.25, -0.2) is 8.78 Å². The minimum Gasteiger partial charge on any atom is -0.386 e. The molecule has 0 aliphatic rings. The average Bonchev–Trinajstić information content (AvgIpc) is 2.40. The summed E-state index contributed by atoms with van der Waals surface area (Å²) < 4.78 is 26.6. The average molecular weight is 263 g/mol. The van der Waals surface area contributed by atoms with Gasteiger partial charge >= 0.3 is 0 Å². The maximum atomic E-state index is 13.5. The fraction of sp³-hybridized carbons (Fsp3) is 0.200. The van der Waals surface area contributed by atoms with Crippen LogP contribution in [0.15, 0.2) is 42.5 Å². The van der Waals surface area contributed by atoms with Crippen LogP contribution in [0.3, 0.4) is 0 Å². The van der Waals surface area contributed by atoms with E-state index in [1.54, 1.807) is 18.2 Å². The molecule has 0 aliphatic carbocycles. The van der Waals surface area contributed by atoms with Gasteiger partial charge in [0.05, 0.1) is 6.10 Å². The Hall–Kier alpha value is -1.94. The van der Waals surface area contributed by atoms with E-state index in [9.17, 15) is 13.9 Å². The maximum Gasteiger partial charge on any atom is 0.129 e. The molecule has 19 heavy (non-hydrogen) atoms. The van der Waals surface area contributed by atoms with Crippen molar-refractivity contribution in [2.75, 3.05) is 11.9 Å². The van der Waals surface area contributed by atoms with E-state index in [1.165, 1.54) is 24.3 Å². The summed E-state index contributed by atoms with van der Waals surface area (Å²) in [4.78, 5) is 0. The lowest BCUT2D eigenvalue weighted by Gasteiger charge is -2.15. The van der Waals surface area contributed by atoms with Gasteiger partial charge in [-0.2, -0.15) is 0 Å². The second kappa shape index (κ2) is 5.80. The van der Waals surface area contributed by atoms with Crippen LogP contribution < -0.4 is 5.32 Å². The minimum absolute atomic E-state index is 0.116. The van der Waals surface area contributed by atoms with E-state index < -0.39 is 11.9 Å². The zero-order valence-corrected chi connectivity index (χ0v) is 10.5. The Morgan fingerprint density at radius 3 is 2.63 bits per heavy atom. The van der Waals surface area contributed by atoms with Gasteiger partial charge < -0.3 is 10.4 Å². The Bertz CT molecular complexity index is 572. The van der Waals surface area contributed by atoms with E-state index in [2.05, 4.69) is 5.32 Å². The van der Waals surface area contributed by atoms with Crippen molar-refractivity contribution >= 4 is 5.69 Å². The largest absolute Gasteiger partial charge is 0.386 e. The molecule has 100 valence electrons. The van der Waals surface area contributed by atoms with E-state index in [0.29, 0.717) is 5.69 Å². The third-order valence-electron chi connectivity index (χ3n) is 2.95. The van der Waals surface area contributed by atoms with Crippen LogP contribution in [0, 0.1) is 18.6 Å². The predicted molar refractivity (Wildman–Crippen MR) is 71.0 cm³/mol. The summed E-state index contributed by atoms with van der Waals surface area (Å²) in [5, 5.41) is 12.8. The highest BCUT2D eigenvalue weighted by Crippen LogP contribution is 2.20. The molecule has 0 radical (unpaired) electrons. The number of benzene rings is 2. The zero-order valence-electron chi connectivity index (χ0n) is 10.5. The molecule has 1 unspecified atom stereocenters. The number of aryl methyl sites for hydroxylation is 1. The fourth-order valence-corrected chi connectivity index (χ4v) is 1.85. The van der Waals surface area contributed by atoms with Gasteiger partial charge in [0, 0.05) is 17.8 Å². The molecule has 2 rings (SSSR count). The highest BCUT2D eigenvalue weighted by atomic mass is 19.1. The number of halogens is 2. The summed E-state index contributed by atoms with van der Waals surface area (Å²) >= 11 is 0. The first-order valence-electron chi connectivity index (χ1n) is 6.00. The van der Waals surface area contributed by atoms with Crippen molar-refractivity contribution in [3.05, 3.63) is 65.2 Å². The van der Waals surface area contributed by atoms with E-state index >= 15 is 0 Å². The molecular weight excluding hydrogens is 248 g/mol. The summed E-state index contributed by atoms with van der Waals surface area (Å²) in [7, 11) is 0. The summed E-state index contributed by atoms with van der Waals surface area (Å²) in [6, 6.07) is 10.4. The van der Waals surface area contributed by atoms with Crippen molar-refractivity contribution in [1.29, 1.82) is 0 Å². The van der Waals surface area contributed by atoms with Crippen LogP contribution in [0.5, 0.6) is 0 Å². The molecule has 0 aromatic heterocycles. The minimum atomic E-state index is -0.983. The van der Waals surface area contributed by atoms with Crippen LogP contribution in [0.2, 0.25) is 0 Å². The first kappa shape index (κ1) is 13.5. The summed E-state index contributed by atoms with van der Waals surface area (Å²) in [5.41, 5.74) is 1.68. The maximum absolute atomic E-state index is 13.5. The highest BCUT2D eigenvalue weighted by molar-refractivity contribution is 5.50. The van der Waals surface area contributed by atoms with Crippen LogP contribution >= 0.6 is 0 Å². The molecule has 0 fully saturated rings. The molecule has 0 aliphatic heterocycles. The number of rotatable bonds is 4. The number of anilines is 1. The second-order valence-corrected chi connectivity index (χ2v) is 4.38. The SMILES string of the molecule is Cc1ccc(F)cc1NCC(O)c1ccccc1F. The predicted octanol–water partition coefficient (Wildman–Crippen LogP) is 3.42. The molecule has 2 aromatic rings. The topological polar surface area (TPSA) is 32.3 Å². The smallest absolute Gasteiger partial charge is 0.129 e. The summed E-state index contributed by atoms with van der Waals surface area (Å²) in [6.07, 6.45) is -0.983.